The molecule has 1 aromatic carbocycles. The Kier molecular flexibility index (Phi) is 3.60. The first-order valence-corrected chi connectivity index (χ1v) is 6.84. The van der Waals surface area contributed by atoms with E-state index in [-0.39, 0.29) is 5.82 Å². The van der Waals surface area contributed by atoms with Crippen LogP contribution in [0.3, 0.4) is 0 Å². The average molecular weight is 259 g/mol. The Bertz CT molecular complexity index is 544. The molecule has 0 spiro atoms. The molecule has 2 heterocycles. The minimum absolute atomic E-state index is 0.233. The zero-order chi connectivity index (χ0) is 13.1. The van der Waals surface area contributed by atoms with Crippen molar-refractivity contribution < 1.29 is 4.39 Å². The third kappa shape index (κ3) is 3.01. The van der Waals surface area contributed by atoms with Gasteiger partial charge >= 0.3 is 0 Å². The van der Waals surface area contributed by atoms with E-state index in [1.807, 2.05) is 18.5 Å². The highest BCUT2D eigenvalue weighted by molar-refractivity contribution is 5.31. The minimum Gasteiger partial charge on any atom is -0.314 e. The molecule has 0 aliphatic carbocycles. The van der Waals surface area contributed by atoms with Gasteiger partial charge in [-0.2, -0.15) is 5.10 Å². The number of hydrogen-bond donors (Lipinski definition) is 1. The second kappa shape index (κ2) is 5.53. The molecule has 0 radical (unpaired) electrons. The van der Waals surface area contributed by atoms with E-state index in [0.717, 1.165) is 18.7 Å². The van der Waals surface area contributed by atoms with Gasteiger partial charge in [0.1, 0.15) is 5.82 Å². The van der Waals surface area contributed by atoms with Crippen molar-refractivity contribution in [3.05, 3.63) is 48.0 Å². The molecule has 4 heteroatoms. The Balaban J connectivity index is 1.72. The fourth-order valence-corrected chi connectivity index (χ4v) is 2.61. The number of rotatable bonds is 3. The normalized spacial score (nSPS) is 19.5. The number of nitrogens with zero attached hydrogens (tertiary/aromatic N) is 2. The predicted octanol–water partition coefficient (Wildman–Crippen LogP) is 2.70. The van der Waals surface area contributed by atoms with Gasteiger partial charge in [0, 0.05) is 12.2 Å². The first kappa shape index (κ1) is 12.4. The molecular formula is C15H18FN3. The van der Waals surface area contributed by atoms with Crippen LogP contribution in [0.15, 0.2) is 36.7 Å². The summed E-state index contributed by atoms with van der Waals surface area (Å²) in [6.45, 7) is 1.11. The number of piperidine rings is 1. The molecular weight excluding hydrogens is 241 g/mol. The smallest absolute Gasteiger partial charge is 0.125 e. The molecule has 19 heavy (non-hydrogen) atoms. The Labute approximate surface area is 112 Å². The fourth-order valence-electron chi connectivity index (χ4n) is 2.61. The van der Waals surface area contributed by atoms with Crippen LogP contribution in [0, 0.1) is 5.82 Å². The lowest BCUT2D eigenvalue weighted by atomic mass is 10.00. The Morgan fingerprint density at radius 2 is 2.32 bits per heavy atom. The van der Waals surface area contributed by atoms with Crippen molar-refractivity contribution in [1.29, 1.82) is 0 Å². The van der Waals surface area contributed by atoms with E-state index in [1.165, 1.54) is 37.0 Å². The maximum absolute atomic E-state index is 13.2. The van der Waals surface area contributed by atoms with Crippen molar-refractivity contribution in [3.8, 4) is 5.69 Å². The van der Waals surface area contributed by atoms with E-state index in [4.69, 9.17) is 0 Å². The van der Waals surface area contributed by atoms with E-state index in [0.29, 0.717) is 6.04 Å². The van der Waals surface area contributed by atoms with Crippen LogP contribution >= 0.6 is 0 Å². The molecule has 2 aromatic rings. The molecule has 1 aliphatic rings. The molecule has 1 unspecified atom stereocenters. The van der Waals surface area contributed by atoms with Crippen molar-refractivity contribution in [2.24, 2.45) is 0 Å². The van der Waals surface area contributed by atoms with E-state index >= 15 is 0 Å². The van der Waals surface area contributed by atoms with Crippen LogP contribution in [0.1, 0.15) is 24.8 Å². The van der Waals surface area contributed by atoms with Crippen LogP contribution in [0.2, 0.25) is 0 Å². The van der Waals surface area contributed by atoms with Crippen LogP contribution in [-0.4, -0.2) is 22.4 Å². The molecule has 1 atom stereocenters. The molecule has 1 saturated heterocycles. The first-order valence-electron chi connectivity index (χ1n) is 6.84. The van der Waals surface area contributed by atoms with Gasteiger partial charge in [-0.3, -0.25) is 0 Å². The van der Waals surface area contributed by atoms with E-state index < -0.39 is 0 Å². The third-order valence-corrected chi connectivity index (χ3v) is 3.60. The molecule has 3 rings (SSSR count). The topological polar surface area (TPSA) is 29.9 Å². The number of benzene rings is 1. The summed E-state index contributed by atoms with van der Waals surface area (Å²) in [5.74, 6) is -0.233. The summed E-state index contributed by atoms with van der Waals surface area (Å²) in [4.78, 5) is 0. The lowest BCUT2D eigenvalue weighted by Crippen LogP contribution is -2.35. The van der Waals surface area contributed by atoms with E-state index in [1.54, 1.807) is 10.7 Å². The lowest BCUT2D eigenvalue weighted by Gasteiger charge is -2.22. The molecule has 1 aliphatic heterocycles. The Hall–Kier alpha value is -1.68. The van der Waals surface area contributed by atoms with Crippen LogP contribution in [0.25, 0.3) is 5.69 Å². The predicted molar refractivity (Wildman–Crippen MR) is 72.9 cm³/mol. The minimum atomic E-state index is -0.233. The Morgan fingerprint density at radius 3 is 3.11 bits per heavy atom. The van der Waals surface area contributed by atoms with Gasteiger partial charge in [-0.1, -0.05) is 12.5 Å². The number of aromatic nitrogens is 2. The maximum atomic E-state index is 13.2. The highest BCUT2D eigenvalue weighted by Gasteiger charge is 2.14. The quantitative estimate of drug-likeness (QED) is 0.918. The van der Waals surface area contributed by atoms with Crippen LogP contribution in [-0.2, 0) is 6.42 Å². The summed E-state index contributed by atoms with van der Waals surface area (Å²) < 4.78 is 14.9. The summed E-state index contributed by atoms with van der Waals surface area (Å²) in [5.41, 5.74) is 1.96. The van der Waals surface area contributed by atoms with E-state index in [2.05, 4.69) is 10.4 Å². The van der Waals surface area contributed by atoms with Gasteiger partial charge in [0.2, 0.25) is 0 Å². The van der Waals surface area contributed by atoms with Gasteiger partial charge < -0.3 is 5.32 Å². The monoisotopic (exact) mass is 259 g/mol. The zero-order valence-electron chi connectivity index (χ0n) is 10.8. The average Bonchev–Trinajstić information content (AvgIpc) is 2.88. The third-order valence-electron chi connectivity index (χ3n) is 3.60. The summed E-state index contributed by atoms with van der Waals surface area (Å²) in [6, 6.07) is 7.06. The van der Waals surface area contributed by atoms with Crippen LogP contribution < -0.4 is 5.32 Å². The van der Waals surface area contributed by atoms with Crippen LogP contribution in [0.5, 0.6) is 0 Å². The zero-order valence-corrected chi connectivity index (χ0v) is 10.8. The highest BCUT2D eigenvalue weighted by Crippen LogP contribution is 2.14. The second-order valence-electron chi connectivity index (χ2n) is 5.12. The molecule has 3 nitrogen and oxygen atoms in total. The van der Waals surface area contributed by atoms with Gasteiger partial charge in [0.05, 0.1) is 11.9 Å². The van der Waals surface area contributed by atoms with Crippen molar-refractivity contribution in [1.82, 2.24) is 15.1 Å². The van der Waals surface area contributed by atoms with Gasteiger partial charge in [-0.15, -0.1) is 0 Å². The van der Waals surface area contributed by atoms with Crippen molar-refractivity contribution in [3.63, 3.8) is 0 Å². The lowest BCUT2D eigenvalue weighted by molar-refractivity contribution is 0.399. The standard InChI is InChI=1S/C15H18FN3/c16-13-4-3-6-15(9-13)19-11-12(10-18-19)8-14-5-1-2-7-17-14/h3-4,6,9-11,14,17H,1-2,5,7-8H2. The molecule has 0 amide bonds. The fraction of sp³-hybridized carbons (Fsp3) is 0.400. The van der Waals surface area contributed by atoms with Gasteiger partial charge in [-0.05, 0) is 49.6 Å². The Morgan fingerprint density at radius 1 is 1.37 bits per heavy atom. The molecule has 100 valence electrons. The largest absolute Gasteiger partial charge is 0.314 e. The molecule has 0 bridgehead atoms. The summed E-state index contributed by atoms with van der Waals surface area (Å²) in [5, 5.41) is 7.84. The number of halogens is 1. The second-order valence-corrected chi connectivity index (χ2v) is 5.12. The molecule has 1 aromatic heterocycles. The van der Waals surface area contributed by atoms with Crippen molar-refractivity contribution >= 4 is 0 Å². The SMILES string of the molecule is Fc1cccc(-n2cc(CC3CCCCN3)cn2)c1. The van der Waals surface area contributed by atoms with Crippen molar-refractivity contribution in [2.75, 3.05) is 6.54 Å². The van der Waals surface area contributed by atoms with E-state index in [9.17, 15) is 4.39 Å². The van der Waals surface area contributed by atoms with Gasteiger partial charge in [0.15, 0.2) is 0 Å². The summed E-state index contributed by atoms with van der Waals surface area (Å²) in [7, 11) is 0. The van der Waals surface area contributed by atoms with Crippen LogP contribution in [0.4, 0.5) is 4.39 Å². The first-order chi connectivity index (χ1) is 9.31. The maximum Gasteiger partial charge on any atom is 0.125 e. The molecule has 1 N–H and O–H groups in total. The molecule has 0 saturated carbocycles. The summed E-state index contributed by atoms with van der Waals surface area (Å²) >= 11 is 0. The van der Waals surface area contributed by atoms with Gasteiger partial charge in [0.25, 0.3) is 0 Å². The summed E-state index contributed by atoms with van der Waals surface area (Å²) in [6.07, 6.45) is 8.67. The molecule has 1 fully saturated rings. The van der Waals surface area contributed by atoms with Gasteiger partial charge in [-0.25, -0.2) is 9.07 Å². The van der Waals surface area contributed by atoms with Crippen molar-refractivity contribution in [2.45, 2.75) is 31.7 Å². The highest BCUT2D eigenvalue weighted by atomic mass is 19.1. The number of nitrogens with one attached hydrogen (secondary N) is 1. The number of hydrogen-bond acceptors (Lipinski definition) is 2.